The molecule has 13 heavy (non-hydrogen) atoms. The molecule has 0 spiro atoms. The van der Waals surface area contributed by atoms with E-state index in [0.29, 0.717) is 12.5 Å². The summed E-state index contributed by atoms with van der Waals surface area (Å²) in [6, 6.07) is 0. The van der Waals surface area contributed by atoms with Gasteiger partial charge in [-0.2, -0.15) is 0 Å². The fraction of sp³-hybridized carbons (Fsp3) is 1.00. The molecule has 0 aliphatic heterocycles. The summed E-state index contributed by atoms with van der Waals surface area (Å²) in [5.74, 6) is 0.481. The molecule has 78 valence electrons. The molecule has 0 aromatic rings. The van der Waals surface area contributed by atoms with Crippen LogP contribution in [-0.2, 0) is 9.09 Å². The highest BCUT2D eigenvalue weighted by atomic mass is 31.1. The van der Waals surface area contributed by atoms with Gasteiger partial charge in [0.1, 0.15) is 6.61 Å². The van der Waals surface area contributed by atoms with Crippen LogP contribution in [0.5, 0.6) is 0 Å². The van der Waals surface area contributed by atoms with E-state index >= 15 is 0 Å². The van der Waals surface area contributed by atoms with E-state index in [1.807, 2.05) is 0 Å². The van der Waals surface area contributed by atoms with Gasteiger partial charge in [0, 0.05) is 0 Å². The summed E-state index contributed by atoms with van der Waals surface area (Å²) in [6.45, 7) is 6.94. The Bertz CT molecular complexity index is 135. The molecule has 1 unspecified atom stereocenters. The summed E-state index contributed by atoms with van der Waals surface area (Å²) in [6.07, 6.45) is 5.43. The van der Waals surface area contributed by atoms with Crippen LogP contribution in [-0.4, -0.2) is 12.8 Å². The third kappa shape index (κ3) is 9.98. The van der Waals surface area contributed by atoms with Crippen molar-refractivity contribution in [3.63, 3.8) is 0 Å². The smallest absolute Gasteiger partial charge is 0.146 e. The zero-order valence-corrected chi connectivity index (χ0v) is 9.98. The van der Waals surface area contributed by atoms with E-state index in [0.717, 1.165) is 12.6 Å². The highest BCUT2D eigenvalue weighted by molar-refractivity contribution is 7.39. The first kappa shape index (κ1) is 13.1. The van der Waals surface area contributed by atoms with Crippen LogP contribution in [0.2, 0.25) is 0 Å². The van der Waals surface area contributed by atoms with Crippen molar-refractivity contribution in [2.75, 3.05) is 12.8 Å². The Kier molecular flexibility index (Phi) is 8.69. The molecule has 0 amide bonds. The quantitative estimate of drug-likeness (QED) is 0.442. The number of hydrogen-bond donors (Lipinski definition) is 0. The SMILES string of the molecule is CCCCCC[P+](=O)OCC(C)C. The van der Waals surface area contributed by atoms with Gasteiger partial charge in [-0.1, -0.05) is 33.6 Å². The molecule has 0 aromatic carbocycles. The molecule has 0 heterocycles. The zero-order chi connectivity index (χ0) is 10.1. The minimum Gasteiger partial charge on any atom is -0.146 e. The summed E-state index contributed by atoms with van der Waals surface area (Å²) in [5.41, 5.74) is 0. The third-order valence-electron chi connectivity index (χ3n) is 1.75. The fourth-order valence-electron chi connectivity index (χ4n) is 0.964. The lowest BCUT2D eigenvalue weighted by Gasteiger charge is -1.96. The van der Waals surface area contributed by atoms with Crippen LogP contribution in [0.1, 0.15) is 46.5 Å². The van der Waals surface area contributed by atoms with Crippen molar-refractivity contribution >= 4 is 8.03 Å². The molecule has 0 N–H and O–H groups in total. The first-order valence-electron chi connectivity index (χ1n) is 5.24. The molecule has 2 nitrogen and oxygen atoms in total. The molecule has 0 aliphatic rings. The Hall–Kier alpha value is 0.0600. The molecule has 0 aliphatic carbocycles. The summed E-state index contributed by atoms with van der Waals surface area (Å²) in [7, 11) is -1.38. The van der Waals surface area contributed by atoms with Gasteiger partial charge >= 0.3 is 8.03 Å². The molecule has 1 atom stereocenters. The van der Waals surface area contributed by atoms with Gasteiger partial charge in [0.2, 0.25) is 0 Å². The summed E-state index contributed by atoms with van der Waals surface area (Å²) < 4.78 is 16.4. The largest absolute Gasteiger partial charge is 0.508 e. The maximum Gasteiger partial charge on any atom is 0.508 e. The number of unbranched alkanes of at least 4 members (excludes halogenated alkanes) is 3. The number of rotatable bonds is 8. The van der Waals surface area contributed by atoms with Crippen LogP contribution < -0.4 is 0 Å². The van der Waals surface area contributed by atoms with Crippen LogP contribution in [0.15, 0.2) is 0 Å². The second-order valence-corrected chi connectivity index (χ2v) is 5.18. The molecule has 0 rings (SSSR count). The molecule has 0 saturated heterocycles. The molecular formula is C10H22O2P+. The van der Waals surface area contributed by atoms with Crippen molar-refractivity contribution in [2.45, 2.75) is 46.5 Å². The van der Waals surface area contributed by atoms with Gasteiger partial charge in [0.25, 0.3) is 0 Å². The lowest BCUT2D eigenvalue weighted by molar-refractivity contribution is 0.282. The van der Waals surface area contributed by atoms with Crippen molar-refractivity contribution in [3.8, 4) is 0 Å². The van der Waals surface area contributed by atoms with Gasteiger partial charge in [-0.25, -0.2) is 0 Å². The Labute approximate surface area is 82.9 Å². The number of hydrogen-bond acceptors (Lipinski definition) is 2. The lowest BCUT2D eigenvalue weighted by Crippen LogP contribution is -1.97. The maximum absolute atomic E-state index is 11.2. The second-order valence-electron chi connectivity index (χ2n) is 3.81. The minimum absolute atomic E-state index is 0.481. The normalized spacial score (nSPS) is 12.2. The molecule has 0 bridgehead atoms. The Morgan fingerprint density at radius 2 is 1.92 bits per heavy atom. The lowest BCUT2D eigenvalue weighted by atomic mass is 10.2. The summed E-state index contributed by atoms with van der Waals surface area (Å²) >= 11 is 0. The first-order chi connectivity index (χ1) is 6.16. The molecule has 0 fully saturated rings. The molecule has 3 heteroatoms. The Morgan fingerprint density at radius 1 is 1.23 bits per heavy atom. The monoisotopic (exact) mass is 205 g/mol. The topological polar surface area (TPSA) is 26.3 Å². The minimum atomic E-state index is -1.38. The molecule has 0 aromatic heterocycles. The van der Waals surface area contributed by atoms with Gasteiger partial charge < -0.3 is 0 Å². The van der Waals surface area contributed by atoms with E-state index in [1.54, 1.807) is 0 Å². The zero-order valence-electron chi connectivity index (χ0n) is 9.08. The Balaban J connectivity index is 3.20. The summed E-state index contributed by atoms with van der Waals surface area (Å²) in [5, 5.41) is 0. The average Bonchev–Trinajstić information content (AvgIpc) is 2.09. The standard InChI is InChI=1S/C10H22O2P/c1-4-5-6-7-8-13(11)12-9-10(2)3/h10H,4-9H2,1-3H3/q+1. The van der Waals surface area contributed by atoms with Crippen LogP contribution >= 0.6 is 8.03 Å². The van der Waals surface area contributed by atoms with Crippen LogP contribution in [0.25, 0.3) is 0 Å². The van der Waals surface area contributed by atoms with Gasteiger partial charge in [-0.15, -0.1) is 4.52 Å². The predicted molar refractivity (Wildman–Crippen MR) is 57.4 cm³/mol. The van der Waals surface area contributed by atoms with E-state index in [-0.39, 0.29) is 0 Å². The van der Waals surface area contributed by atoms with E-state index in [4.69, 9.17) is 4.52 Å². The van der Waals surface area contributed by atoms with Crippen molar-refractivity contribution in [2.24, 2.45) is 5.92 Å². The van der Waals surface area contributed by atoms with Crippen molar-refractivity contribution < 1.29 is 9.09 Å². The van der Waals surface area contributed by atoms with Gasteiger partial charge in [0.15, 0.2) is 6.16 Å². The fourth-order valence-corrected chi connectivity index (χ4v) is 2.04. The highest BCUT2D eigenvalue weighted by Gasteiger charge is 2.16. The third-order valence-corrected chi connectivity index (χ3v) is 2.86. The van der Waals surface area contributed by atoms with Gasteiger partial charge in [-0.3, -0.25) is 0 Å². The second kappa shape index (κ2) is 8.65. The van der Waals surface area contributed by atoms with E-state index in [2.05, 4.69) is 20.8 Å². The highest BCUT2D eigenvalue weighted by Crippen LogP contribution is 2.24. The van der Waals surface area contributed by atoms with Gasteiger partial charge in [-0.05, 0) is 23.3 Å². The summed E-state index contributed by atoms with van der Waals surface area (Å²) in [4.78, 5) is 0. The molecule has 0 saturated carbocycles. The Morgan fingerprint density at radius 3 is 2.46 bits per heavy atom. The van der Waals surface area contributed by atoms with E-state index < -0.39 is 8.03 Å². The maximum atomic E-state index is 11.2. The average molecular weight is 205 g/mol. The van der Waals surface area contributed by atoms with Crippen LogP contribution in [0, 0.1) is 5.92 Å². The predicted octanol–water partition coefficient (Wildman–Crippen LogP) is 3.98. The van der Waals surface area contributed by atoms with E-state index in [1.165, 1.54) is 19.3 Å². The van der Waals surface area contributed by atoms with Gasteiger partial charge in [0.05, 0.1) is 0 Å². The van der Waals surface area contributed by atoms with Crippen molar-refractivity contribution in [1.29, 1.82) is 0 Å². The van der Waals surface area contributed by atoms with E-state index in [9.17, 15) is 4.57 Å². The van der Waals surface area contributed by atoms with Crippen LogP contribution in [0.3, 0.4) is 0 Å². The van der Waals surface area contributed by atoms with Crippen molar-refractivity contribution in [1.82, 2.24) is 0 Å². The molecular weight excluding hydrogens is 183 g/mol. The first-order valence-corrected chi connectivity index (χ1v) is 6.60. The van der Waals surface area contributed by atoms with Crippen molar-refractivity contribution in [3.05, 3.63) is 0 Å². The van der Waals surface area contributed by atoms with Crippen LogP contribution in [0.4, 0.5) is 0 Å². The molecule has 0 radical (unpaired) electrons.